The molecular formula is C39H70O6. The lowest BCUT2D eigenvalue weighted by Crippen LogP contribution is -2.30. The summed E-state index contributed by atoms with van der Waals surface area (Å²) in [6, 6.07) is 0. The summed E-state index contributed by atoms with van der Waals surface area (Å²) in [6.07, 6.45) is 37.6. The molecule has 0 aromatic carbocycles. The van der Waals surface area contributed by atoms with E-state index in [4.69, 9.17) is 14.2 Å². The van der Waals surface area contributed by atoms with Crippen molar-refractivity contribution < 1.29 is 28.6 Å². The fraction of sp³-hybridized carbons (Fsp3) is 0.821. The topological polar surface area (TPSA) is 78.9 Å². The minimum atomic E-state index is -0.766. The molecule has 0 rings (SSSR count). The van der Waals surface area contributed by atoms with Crippen LogP contribution in [0.4, 0.5) is 0 Å². The van der Waals surface area contributed by atoms with Crippen LogP contribution in [0.1, 0.15) is 188 Å². The Kier molecular flexibility index (Phi) is 33.1. The van der Waals surface area contributed by atoms with E-state index in [1.54, 1.807) is 0 Å². The summed E-state index contributed by atoms with van der Waals surface area (Å²) >= 11 is 0. The molecule has 262 valence electrons. The number of ether oxygens (including phenoxy) is 3. The van der Waals surface area contributed by atoms with Gasteiger partial charge in [-0.1, -0.05) is 154 Å². The first-order chi connectivity index (χ1) is 22.0. The van der Waals surface area contributed by atoms with Gasteiger partial charge in [0, 0.05) is 19.8 Å². The van der Waals surface area contributed by atoms with E-state index < -0.39 is 12.1 Å². The van der Waals surface area contributed by atoms with Crippen LogP contribution in [0.25, 0.3) is 0 Å². The zero-order valence-corrected chi connectivity index (χ0v) is 29.6. The van der Waals surface area contributed by atoms with Gasteiger partial charge in [-0.2, -0.15) is 0 Å². The van der Waals surface area contributed by atoms with Gasteiger partial charge in [0.25, 0.3) is 0 Å². The highest BCUT2D eigenvalue weighted by Gasteiger charge is 2.18. The van der Waals surface area contributed by atoms with Gasteiger partial charge in [-0.05, 0) is 38.5 Å². The van der Waals surface area contributed by atoms with Crippen molar-refractivity contribution in [1.82, 2.24) is 0 Å². The number of carbonyl (C=O) groups excluding carboxylic acids is 3. The number of hydrogen-bond donors (Lipinski definition) is 0. The standard InChI is InChI=1S/C39H70O6/c1-4-6-8-10-12-14-16-18-19-21-22-24-26-28-30-32-38(41)44-35-37(34-43-36(3)40)45-39(42)33-31-29-27-25-23-20-17-15-13-11-9-7-5-2/h12,14,16,18,37H,4-11,13,15,17,19-35H2,1-3H3/b14-12-,18-16+. The monoisotopic (exact) mass is 635 g/mol. The van der Waals surface area contributed by atoms with Crippen LogP contribution in [0.3, 0.4) is 0 Å². The third-order valence-corrected chi connectivity index (χ3v) is 8.04. The third kappa shape index (κ3) is 34.6. The normalized spacial score (nSPS) is 12.2. The number of allylic oxidation sites excluding steroid dienone is 4. The molecule has 0 aliphatic rings. The number of carbonyl (C=O) groups is 3. The largest absolute Gasteiger partial charge is 0.462 e. The summed E-state index contributed by atoms with van der Waals surface area (Å²) in [4.78, 5) is 35.9. The highest BCUT2D eigenvalue weighted by atomic mass is 16.6. The molecule has 1 unspecified atom stereocenters. The SMILES string of the molecule is CCCCC/C=C\C=C\CCCCCCCCC(=O)OCC(COC(C)=O)OC(=O)CCCCCCCCCCCCCCC. The predicted molar refractivity (Wildman–Crippen MR) is 187 cm³/mol. The molecule has 0 heterocycles. The van der Waals surface area contributed by atoms with Gasteiger partial charge in [-0.3, -0.25) is 14.4 Å². The Morgan fingerprint density at radius 1 is 0.489 bits per heavy atom. The van der Waals surface area contributed by atoms with Crippen LogP contribution in [-0.2, 0) is 28.6 Å². The second-order valence-electron chi connectivity index (χ2n) is 12.6. The summed E-state index contributed by atoms with van der Waals surface area (Å²) in [5, 5.41) is 0. The van der Waals surface area contributed by atoms with Crippen molar-refractivity contribution in [2.45, 2.75) is 194 Å². The highest BCUT2D eigenvalue weighted by molar-refractivity contribution is 5.70. The minimum absolute atomic E-state index is 0.0854. The molecule has 0 radical (unpaired) electrons. The van der Waals surface area contributed by atoms with Gasteiger partial charge in [0.15, 0.2) is 6.10 Å². The number of rotatable bonds is 33. The van der Waals surface area contributed by atoms with Gasteiger partial charge in [-0.25, -0.2) is 0 Å². The number of unbranched alkanes of at least 4 members (excludes halogenated alkanes) is 21. The first-order valence-electron chi connectivity index (χ1n) is 18.8. The van der Waals surface area contributed by atoms with Gasteiger partial charge in [-0.15, -0.1) is 0 Å². The van der Waals surface area contributed by atoms with Gasteiger partial charge in [0.05, 0.1) is 0 Å². The van der Waals surface area contributed by atoms with E-state index in [-0.39, 0.29) is 25.2 Å². The van der Waals surface area contributed by atoms with Gasteiger partial charge < -0.3 is 14.2 Å². The molecule has 6 nitrogen and oxygen atoms in total. The zero-order chi connectivity index (χ0) is 33.1. The molecule has 0 fully saturated rings. The molecule has 0 aromatic heterocycles. The minimum Gasteiger partial charge on any atom is -0.462 e. The van der Waals surface area contributed by atoms with Crippen LogP contribution < -0.4 is 0 Å². The summed E-state index contributed by atoms with van der Waals surface area (Å²) < 4.78 is 15.9. The van der Waals surface area contributed by atoms with Gasteiger partial charge in [0.2, 0.25) is 0 Å². The predicted octanol–water partition coefficient (Wildman–Crippen LogP) is 11.3. The van der Waals surface area contributed by atoms with E-state index in [1.165, 1.54) is 116 Å². The molecule has 1 atom stereocenters. The Morgan fingerprint density at radius 3 is 1.36 bits per heavy atom. The van der Waals surface area contributed by atoms with Crippen molar-refractivity contribution in [3.8, 4) is 0 Å². The van der Waals surface area contributed by atoms with Crippen LogP contribution >= 0.6 is 0 Å². The van der Waals surface area contributed by atoms with E-state index in [0.717, 1.165) is 44.9 Å². The van der Waals surface area contributed by atoms with E-state index in [1.807, 2.05) is 0 Å². The molecular weight excluding hydrogens is 564 g/mol. The molecule has 0 saturated carbocycles. The maximum atomic E-state index is 12.4. The van der Waals surface area contributed by atoms with E-state index >= 15 is 0 Å². The summed E-state index contributed by atoms with van der Waals surface area (Å²) in [5.41, 5.74) is 0. The molecule has 0 aliphatic heterocycles. The lowest BCUT2D eigenvalue weighted by Gasteiger charge is -2.18. The first kappa shape index (κ1) is 42.9. The average Bonchev–Trinajstić information content (AvgIpc) is 3.02. The van der Waals surface area contributed by atoms with Crippen LogP contribution in [-0.4, -0.2) is 37.2 Å². The molecule has 0 N–H and O–H groups in total. The zero-order valence-electron chi connectivity index (χ0n) is 29.6. The molecule has 45 heavy (non-hydrogen) atoms. The molecule has 0 aliphatic carbocycles. The van der Waals surface area contributed by atoms with Crippen LogP contribution in [0.5, 0.6) is 0 Å². The van der Waals surface area contributed by atoms with Crippen molar-refractivity contribution in [3.05, 3.63) is 24.3 Å². The second-order valence-corrected chi connectivity index (χ2v) is 12.6. The fourth-order valence-corrected chi connectivity index (χ4v) is 5.22. The Hall–Kier alpha value is -2.11. The maximum absolute atomic E-state index is 12.4. The van der Waals surface area contributed by atoms with Crippen LogP contribution in [0, 0.1) is 0 Å². The first-order valence-corrected chi connectivity index (χ1v) is 18.8. The maximum Gasteiger partial charge on any atom is 0.306 e. The fourth-order valence-electron chi connectivity index (χ4n) is 5.22. The Labute approximate surface area is 277 Å². The van der Waals surface area contributed by atoms with E-state index in [0.29, 0.717) is 12.8 Å². The summed E-state index contributed by atoms with van der Waals surface area (Å²) in [5.74, 6) is -1.09. The van der Waals surface area contributed by atoms with E-state index in [2.05, 4.69) is 38.2 Å². The molecule has 0 bridgehead atoms. The summed E-state index contributed by atoms with van der Waals surface area (Å²) in [6.45, 7) is 5.61. The Balaban J connectivity index is 3.88. The van der Waals surface area contributed by atoms with Crippen LogP contribution in [0.15, 0.2) is 24.3 Å². The number of esters is 3. The smallest absolute Gasteiger partial charge is 0.306 e. The Bertz CT molecular complexity index is 744. The van der Waals surface area contributed by atoms with Crippen LogP contribution in [0.2, 0.25) is 0 Å². The van der Waals surface area contributed by atoms with Crippen molar-refractivity contribution in [2.75, 3.05) is 13.2 Å². The van der Waals surface area contributed by atoms with Gasteiger partial charge >= 0.3 is 17.9 Å². The molecule has 0 aromatic rings. The van der Waals surface area contributed by atoms with Crippen molar-refractivity contribution >= 4 is 17.9 Å². The highest BCUT2D eigenvalue weighted by Crippen LogP contribution is 2.14. The second kappa shape index (κ2) is 34.8. The van der Waals surface area contributed by atoms with E-state index in [9.17, 15) is 14.4 Å². The van der Waals surface area contributed by atoms with Gasteiger partial charge in [0.1, 0.15) is 13.2 Å². The van der Waals surface area contributed by atoms with Crippen molar-refractivity contribution in [1.29, 1.82) is 0 Å². The molecule has 0 saturated heterocycles. The lowest BCUT2D eigenvalue weighted by molar-refractivity contribution is -0.166. The summed E-state index contributed by atoms with van der Waals surface area (Å²) in [7, 11) is 0. The molecule has 0 spiro atoms. The average molecular weight is 635 g/mol. The molecule has 0 amide bonds. The molecule has 6 heteroatoms. The number of hydrogen-bond acceptors (Lipinski definition) is 6. The Morgan fingerprint density at radius 2 is 0.867 bits per heavy atom. The third-order valence-electron chi connectivity index (χ3n) is 8.04. The van der Waals surface area contributed by atoms with Crippen molar-refractivity contribution in [2.24, 2.45) is 0 Å². The quantitative estimate of drug-likeness (QED) is 0.0309. The van der Waals surface area contributed by atoms with Crippen molar-refractivity contribution in [3.63, 3.8) is 0 Å². The lowest BCUT2D eigenvalue weighted by atomic mass is 10.0.